The summed E-state index contributed by atoms with van der Waals surface area (Å²) >= 11 is 0. The van der Waals surface area contributed by atoms with Crippen LogP contribution in [0.15, 0.2) is 29.2 Å². The first-order chi connectivity index (χ1) is 10.3. The Bertz CT molecular complexity index is 822. The maximum Gasteiger partial charge on any atom is 0.321 e. The van der Waals surface area contributed by atoms with Crippen LogP contribution in [0, 0.1) is 6.92 Å². The van der Waals surface area contributed by atoms with Gasteiger partial charge in [0.1, 0.15) is 10.7 Å². The van der Waals surface area contributed by atoms with Crippen molar-refractivity contribution in [3.05, 3.63) is 35.7 Å². The van der Waals surface area contributed by atoms with E-state index in [2.05, 4.69) is 19.7 Å². The number of anilines is 1. The molecule has 2 rings (SSSR count). The fraction of sp³-hybridized carbons (Fsp3) is 0.167. The molecule has 10 heteroatoms. The molecule has 1 aromatic carbocycles. The third-order valence-corrected chi connectivity index (χ3v) is 3.96. The van der Waals surface area contributed by atoms with Crippen molar-refractivity contribution in [3.63, 3.8) is 0 Å². The van der Waals surface area contributed by atoms with Crippen LogP contribution in [0.1, 0.15) is 16.2 Å². The van der Waals surface area contributed by atoms with Crippen molar-refractivity contribution >= 4 is 21.9 Å². The van der Waals surface area contributed by atoms with Crippen molar-refractivity contribution in [1.82, 2.24) is 15.0 Å². The lowest BCUT2D eigenvalue weighted by Gasteiger charge is -2.10. The van der Waals surface area contributed by atoms with Gasteiger partial charge in [-0.1, -0.05) is 12.1 Å². The van der Waals surface area contributed by atoms with Gasteiger partial charge in [-0.05, 0) is 19.1 Å². The van der Waals surface area contributed by atoms with Gasteiger partial charge in [0.25, 0.3) is 10.0 Å². The largest absolute Gasteiger partial charge is 0.467 e. The fourth-order valence-electron chi connectivity index (χ4n) is 1.67. The number of benzene rings is 1. The lowest BCUT2D eigenvalue weighted by molar-refractivity contribution is 0.0997. The number of carbonyl (C=O) groups excluding carboxylic acids is 1. The molecule has 2 aromatic rings. The number of primary amides is 1. The van der Waals surface area contributed by atoms with Gasteiger partial charge in [0.15, 0.2) is 0 Å². The quantitative estimate of drug-likeness (QED) is 0.795. The molecule has 0 saturated carbocycles. The first kappa shape index (κ1) is 15.6. The highest BCUT2D eigenvalue weighted by molar-refractivity contribution is 7.92. The molecule has 0 aliphatic carbocycles. The molecule has 0 spiro atoms. The smallest absolute Gasteiger partial charge is 0.321 e. The number of nitrogens with zero attached hydrogens (tertiary/aromatic N) is 3. The Morgan fingerprint density at radius 2 is 1.91 bits per heavy atom. The zero-order chi connectivity index (χ0) is 16.3. The number of hydrogen-bond acceptors (Lipinski definition) is 7. The Hall–Kier alpha value is -2.75. The van der Waals surface area contributed by atoms with Crippen LogP contribution in [0.4, 0.5) is 5.95 Å². The Morgan fingerprint density at radius 3 is 2.55 bits per heavy atom. The van der Waals surface area contributed by atoms with Gasteiger partial charge in [0.05, 0.1) is 12.7 Å². The number of amides is 1. The minimum atomic E-state index is -4.09. The van der Waals surface area contributed by atoms with Gasteiger partial charge in [-0.2, -0.15) is 15.0 Å². The first-order valence-corrected chi connectivity index (χ1v) is 7.50. The molecular weight excluding hydrogens is 310 g/mol. The summed E-state index contributed by atoms with van der Waals surface area (Å²) < 4.78 is 31.8. The highest BCUT2D eigenvalue weighted by Gasteiger charge is 2.22. The average molecular weight is 323 g/mol. The number of sulfonamides is 1. The summed E-state index contributed by atoms with van der Waals surface area (Å²) in [7, 11) is -2.75. The molecule has 1 amide bonds. The highest BCUT2D eigenvalue weighted by atomic mass is 32.2. The molecule has 0 fully saturated rings. The number of nitrogens with one attached hydrogen (secondary N) is 1. The Morgan fingerprint density at radius 1 is 1.23 bits per heavy atom. The van der Waals surface area contributed by atoms with Gasteiger partial charge < -0.3 is 10.5 Å². The second kappa shape index (κ2) is 5.93. The van der Waals surface area contributed by atoms with Gasteiger partial charge in [-0.3, -0.25) is 4.79 Å². The normalized spacial score (nSPS) is 11.0. The number of nitrogens with two attached hydrogens (primary N) is 1. The predicted molar refractivity (Wildman–Crippen MR) is 76.9 cm³/mol. The summed E-state index contributed by atoms with van der Waals surface area (Å²) in [5, 5.41) is 0. The molecule has 9 nitrogen and oxygen atoms in total. The number of rotatable bonds is 5. The number of ether oxygens (including phenoxy) is 1. The van der Waals surface area contributed by atoms with E-state index in [0.717, 1.165) is 0 Å². The molecule has 116 valence electrons. The standard InChI is InChI=1S/C12H13N5O4S/c1-7-14-11(16-12(15-7)21-2)17-22(19,20)9-6-4-3-5-8(9)10(13)18/h3-6H,1-2H3,(H2,13,18)(H,14,15,16,17). The maximum absolute atomic E-state index is 12.4. The number of aromatic nitrogens is 3. The molecule has 22 heavy (non-hydrogen) atoms. The SMILES string of the molecule is COc1nc(C)nc(NS(=O)(=O)c2ccccc2C(N)=O)n1. The Balaban J connectivity index is 2.45. The van der Waals surface area contributed by atoms with E-state index < -0.39 is 15.9 Å². The Kier molecular flexibility index (Phi) is 4.22. The van der Waals surface area contributed by atoms with Crippen LogP contribution in [0.25, 0.3) is 0 Å². The third-order valence-electron chi connectivity index (χ3n) is 2.58. The summed E-state index contributed by atoms with van der Waals surface area (Å²) in [6.07, 6.45) is 0. The molecule has 1 heterocycles. The summed E-state index contributed by atoms with van der Waals surface area (Å²) in [6, 6.07) is 5.52. The van der Waals surface area contributed by atoms with Crippen LogP contribution in [-0.4, -0.2) is 36.4 Å². The summed E-state index contributed by atoms with van der Waals surface area (Å²) in [6.45, 7) is 1.55. The average Bonchev–Trinajstić information content (AvgIpc) is 2.46. The lowest BCUT2D eigenvalue weighted by Crippen LogP contribution is -2.21. The minimum Gasteiger partial charge on any atom is -0.467 e. The van der Waals surface area contributed by atoms with E-state index in [1.165, 1.54) is 31.4 Å². The number of aryl methyl sites for hydroxylation is 1. The third kappa shape index (κ3) is 3.28. The number of methoxy groups -OCH3 is 1. The Labute approximate surface area is 126 Å². The van der Waals surface area contributed by atoms with E-state index in [-0.39, 0.29) is 28.2 Å². The van der Waals surface area contributed by atoms with Gasteiger partial charge in [0.2, 0.25) is 11.9 Å². The van der Waals surface area contributed by atoms with Crippen molar-refractivity contribution < 1.29 is 17.9 Å². The molecule has 0 bridgehead atoms. The zero-order valence-electron chi connectivity index (χ0n) is 11.8. The highest BCUT2D eigenvalue weighted by Crippen LogP contribution is 2.18. The van der Waals surface area contributed by atoms with Crippen LogP contribution in [0.3, 0.4) is 0 Å². The van der Waals surface area contributed by atoms with Crippen molar-refractivity contribution in [2.24, 2.45) is 5.73 Å². The van der Waals surface area contributed by atoms with Gasteiger partial charge in [0, 0.05) is 0 Å². The summed E-state index contributed by atoms with van der Waals surface area (Å²) in [4.78, 5) is 22.6. The van der Waals surface area contributed by atoms with E-state index in [1.807, 2.05) is 0 Å². The van der Waals surface area contributed by atoms with Crippen molar-refractivity contribution in [2.75, 3.05) is 11.8 Å². The van der Waals surface area contributed by atoms with E-state index in [0.29, 0.717) is 0 Å². The molecule has 1 aromatic heterocycles. The van der Waals surface area contributed by atoms with Crippen LogP contribution < -0.4 is 15.2 Å². The van der Waals surface area contributed by atoms with Gasteiger partial charge >= 0.3 is 6.01 Å². The molecule has 0 aliphatic rings. The predicted octanol–water partition coefficient (Wildman–Crippen LogP) is 0.0883. The van der Waals surface area contributed by atoms with Crippen LogP contribution >= 0.6 is 0 Å². The molecule has 3 N–H and O–H groups in total. The second-order valence-corrected chi connectivity index (χ2v) is 5.81. The van der Waals surface area contributed by atoms with Crippen molar-refractivity contribution in [1.29, 1.82) is 0 Å². The van der Waals surface area contributed by atoms with E-state index in [1.54, 1.807) is 6.92 Å². The molecule has 0 radical (unpaired) electrons. The van der Waals surface area contributed by atoms with Crippen molar-refractivity contribution in [3.8, 4) is 6.01 Å². The number of hydrogen-bond donors (Lipinski definition) is 2. The minimum absolute atomic E-state index is 0.0339. The summed E-state index contributed by atoms with van der Waals surface area (Å²) in [5.41, 5.74) is 5.05. The molecule has 0 unspecified atom stereocenters. The molecule has 0 atom stereocenters. The van der Waals surface area contributed by atoms with E-state index in [4.69, 9.17) is 10.5 Å². The monoisotopic (exact) mass is 323 g/mol. The molecular formula is C12H13N5O4S. The van der Waals surface area contributed by atoms with Crippen LogP contribution in [0.5, 0.6) is 6.01 Å². The van der Waals surface area contributed by atoms with Crippen molar-refractivity contribution in [2.45, 2.75) is 11.8 Å². The van der Waals surface area contributed by atoms with E-state index >= 15 is 0 Å². The zero-order valence-corrected chi connectivity index (χ0v) is 12.6. The molecule has 0 saturated heterocycles. The maximum atomic E-state index is 12.4. The first-order valence-electron chi connectivity index (χ1n) is 6.02. The fourth-order valence-corrected chi connectivity index (χ4v) is 2.83. The van der Waals surface area contributed by atoms with Crippen LogP contribution in [0.2, 0.25) is 0 Å². The topological polar surface area (TPSA) is 137 Å². The van der Waals surface area contributed by atoms with Crippen LogP contribution in [-0.2, 0) is 10.0 Å². The van der Waals surface area contributed by atoms with Gasteiger partial charge in [-0.15, -0.1) is 0 Å². The lowest BCUT2D eigenvalue weighted by atomic mass is 10.2. The molecule has 0 aliphatic heterocycles. The van der Waals surface area contributed by atoms with Gasteiger partial charge in [-0.25, -0.2) is 13.1 Å². The van der Waals surface area contributed by atoms with E-state index in [9.17, 15) is 13.2 Å². The second-order valence-electron chi connectivity index (χ2n) is 4.16. The number of carbonyl (C=O) groups is 1. The summed E-state index contributed by atoms with van der Waals surface area (Å²) in [5.74, 6) is -0.804.